The molecule has 1 N–H and O–H groups in total. The fraction of sp³-hybridized carbons (Fsp3) is 0.750. The number of nitrogens with one attached hydrogen (secondary N) is 1. The molecule has 1 amide bonds. The Morgan fingerprint density at radius 1 is 1.28 bits per heavy atom. The monoisotopic (exact) mass is 257 g/mol. The molecule has 6 nitrogen and oxygen atoms in total. The summed E-state index contributed by atoms with van der Waals surface area (Å²) in [7, 11) is 0. The van der Waals surface area contributed by atoms with E-state index in [4.69, 9.17) is 9.47 Å². The van der Waals surface area contributed by atoms with Crippen LogP contribution in [0.3, 0.4) is 0 Å². The van der Waals surface area contributed by atoms with E-state index in [1.165, 1.54) is 0 Å². The van der Waals surface area contributed by atoms with Crippen LogP contribution in [0.1, 0.15) is 33.1 Å². The maximum Gasteiger partial charge on any atom is 0.322 e. The third-order valence-electron chi connectivity index (χ3n) is 2.75. The molecule has 1 atom stereocenters. The van der Waals surface area contributed by atoms with Gasteiger partial charge >= 0.3 is 11.9 Å². The lowest BCUT2D eigenvalue weighted by Gasteiger charge is -2.28. The average molecular weight is 257 g/mol. The molecule has 1 aliphatic heterocycles. The van der Waals surface area contributed by atoms with Gasteiger partial charge in [-0.1, -0.05) is 0 Å². The lowest BCUT2D eigenvalue weighted by atomic mass is 9.92. The standard InChI is InChI=1S/C12H19NO5/c1-3-17-11(15)10(12(16)18-4-2)8-6-5-7-9(14)13-8/h8,10H,3-7H2,1-2H3,(H,13,14)/t8-/m0/s1. The highest BCUT2D eigenvalue weighted by molar-refractivity contribution is 5.96. The van der Waals surface area contributed by atoms with Crippen molar-refractivity contribution >= 4 is 17.8 Å². The summed E-state index contributed by atoms with van der Waals surface area (Å²) in [6, 6.07) is -0.524. The highest BCUT2D eigenvalue weighted by Gasteiger charge is 2.39. The van der Waals surface area contributed by atoms with Crippen LogP contribution in [0.5, 0.6) is 0 Å². The first kappa shape index (κ1) is 14.5. The van der Waals surface area contributed by atoms with Gasteiger partial charge in [0.15, 0.2) is 5.92 Å². The molecule has 1 rings (SSSR count). The summed E-state index contributed by atoms with van der Waals surface area (Å²) >= 11 is 0. The summed E-state index contributed by atoms with van der Waals surface area (Å²) in [5.74, 6) is -2.48. The van der Waals surface area contributed by atoms with Crippen molar-refractivity contribution in [1.29, 1.82) is 0 Å². The SMILES string of the molecule is CCOC(=O)C(C(=O)OCC)[C@@H]1CCCC(=O)N1. The number of ether oxygens (including phenoxy) is 2. The lowest BCUT2D eigenvalue weighted by molar-refractivity contribution is -0.163. The quantitative estimate of drug-likeness (QED) is 0.569. The number of hydrogen-bond donors (Lipinski definition) is 1. The second-order valence-electron chi connectivity index (χ2n) is 4.05. The van der Waals surface area contributed by atoms with Crippen LogP contribution in [0.2, 0.25) is 0 Å². The number of rotatable bonds is 5. The Labute approximate surface area is 106 Å². The molecule has 102 valence electrons. The number of carbonyl (C=O) groups excluding carboxylic acids is 3. The van der Waals surface area contributed by atoms with Gasteiger partial charge in [-0.15, -0.1) is 0 Å². The van der Waals surface area contributed by atoms with E-state index < -0.39 is 23.9 Å². The van der Waals surface area contributed by atoms with Gasteiger partial charge in [0.1, 0.15) is 0 Å². The molecule has 0 aromatic rings. The van der Waals surface area contributed by atoms with Gasteiger partial charge in [-0.2, -0.15) is 0 Å². The van der Waals surface area contributed by atoms with Crippen molar-refractivity contribution in [2.45, 2.75) is 39.2 Å². The van der Waals surface area contributed by atoms with Crippen molar-refractivity contribution < 1.29 is 23.9 Å². The van der Waals surface area contributed by atoms with Crippen molar-refractivity contribution in [2.75, 3.05) is 13.2 Å². The maximum atomic E-state index is 11.8. The topological polar surface area (TPSA) is 81.7 Å². The highest BCUT2D eigenvalue weighted by Crippen LogP contribution is 2.19. The van der Waals surface area contributed by atoms with Crippen LogP contribution in [0.25, 0.3) is 0 Å². The van der Waals surface area contributed by atoms with Gasteiger partial charge in [-0.25, -0.2) is 0 Å². The lowest BCUT2D eigenvalue weighted by Crippen LogP contribution is -2.50. The molecule has 0 radical (unpaired) electrons. The largest absolute Gasteiger partial charge is 0.465 e. The van der Waals surface area contributed by atoms with Crippen LogP contribution in [0.15, 0.2) is 0 Å². The predicted molar refractivity (Wildman–Crippen MR) is 62.5 cm³/mol. The molecule has 0 unspecified atom stereocenters. The van der Waals surface area contributed by atoms with E-state index in [1.807, 2.05) is 0 Å². The molecule has 0 spiro atoms. The van der Waals surface area contributed by atoms with Gasteiger partial charge in [0.25, 0.3) is 0 Å². The van der Waals surface area contributed by atoms with Gasteiger partial charge in [-0.3, -0.25) is 14.4 Å². The van der Waals surface area contributed by atoms with Gasteiger partial charge < -0.3 is 14.8 Å². The molecule has 1 saturated heterocycles. The van der Waals surface area contributed by atoms with Crippen molar-refractivity contribution in [3.8, 4) is 0 Å². The summed E-state index contributed by atoms with van der Waals surface area (Å²) in [5, 5.41) is 2.65. The minimum atomic E-state index is -1.06. The van der Waals surface area contributed by atoms with Crippen molar-refractivity contribution in [3.63, 3.8) is 0 Å². The van der Waals surface area contributed by atoms with E-state index in [0.717, 1.165) is 0 Å². The zero-order chi connectivity index (χ0) is 13.5. The van der Waals surface area contributed by atoms with E-state index >= 15 is 0 Å². The molecule has 0 saturated carbocycles. The number of piperidine rings is 1. The average Bonchev–Trinajstić information content (AvgIpc) is 2.30. The first-order chi connectivity index (χ1) is 8.60. The highest BCUT2D eigenvalue weighted by atomic mass is 16.6. The third-order valence-corrected chi connectivity index (χ3v) is 2.75. The Balaban J connectivity index is 2.78. The number of esters is 2. The first-order valence-electron chi connectivity index (χ1n) is 6.22. The molecule has 1 heterocycles. The van der Waals surface area contributed by atoms with Crippen LogP contribution >= 0.6 is 0 Å². The second-order valence-corrected chi connectivity index (χ2v) is 4.05. The minimum Gasteiger partial charge on any atom is -0.465 e. The van der Waals surface area contributed by atoms with Gasteiger partial charge in [0.2, 0.25) is 5.91 Å². The van der Waals surface area contributed by atoms with Gasteiger partial charge in [0.05, 0.1) is 19.3 Å². The van der Waals surface area contributed by atoms with Gasteiger partial charge in [-0.05, 0) is 26.7 Å². The smallest absolute Gasteiger partial charge is 0.322 e. The van der Waals surface area contributed by atoms with E-state index in [0.29, 0.717) is 19.3 Å². The van der Waals surface area contributed by atoms with Crippen molar-refractivity contribution in [1.82, 2.24) is 5.32 Å². The fourth-order valence-corrected chi connectivity index (χ4v) is 1.97. The second kappa shape index (κ2) is 6.98. The van der Waals surface area contributed by atoms with E-state index in [1.54, 1.807) is 13.8 Å². The number of hydrogen-bond acceptors (Lipinski definition) is 5. The molecule has 1 fully saturated rings. The summed E-state index contributed by atoms with van der Waals surface area (Å²) in [4.78, 5) is 34.9. The minimum absolute atomic E-state index is 0.148. The summed E-state index contributed by atoms with van der Waals surface area (Å²) in [5.41, 5.74) is 0. The molecule has 6 heteroatoms. The van der Waals surface area contributed by atoms with Crippen LogP contribution in [-0.2, 0) is 23.9 Å². The van der Waals surface area contributed by atoms with Crippen LogP contribution < -0.4 is 5.32 Å². The van der Waals surface area contributed by atoms with Crippen LogP contribution in [0, 0.1) is 5.92 Å². The zero-order valence-corrected chi connectivity index (χ0v) is 10.7. The summed E-state index contributed by atoms with van der Waals surface area (Å²) in [6.45, 7) is 3.71. The van der Waals surface area contributed by atoms with Crippen LogP contribution in [-0.4, -0.2) is 37.1 Å². The van der Waals surface area contributed by atoms with Crippen molar-refractivity contribution in [3.05, 3.63) is 0 Å². The maximum absolute atomic E-state index is 11.8. The van der Waals surface area contributed by atoms with Crippen LogP contribution in [0.4, 0.5) is 0 Å². The normalized spacial score (nSPS) is 19.3. The number of amides is 1. The molecule has 0 aromatic heterocycles. The Bertz CT molecular complexity index is 310. The molecular formula is C12H19NO5. The third kappa shape index (κ3) is 3.72. The van der Waals surface area contributed by atoms with E-state index in [2.05, 4.69) is 5.32 Å². The summed E-state index contributed by atoms with van der Waals surface area (Å²) < 4.78 is 9.74. The summed E-state index contributed by atoms with van der Waals surface area (Å²) in [6.07, 6.45) is 1.66. The fourth-order valence-electron chi connectivity index (χ4n) is 1.97. The first-order valence-corrected chi connectivity index (χ1v) is 6.22. The van der Waals surface area contributed by atoms with E-state index in [9.17, 15) is 14.4 Å². The Kier molecular flexibility index (Phi) is 5.61. The molecule has 0 bridgehead atoms. The predicted octanol–water partition coefficient (Wildman–Crippen LogP) is 0.398. The molecule has 1 aliphatic rings. The Morgan fingerprint density at radius 3 is 2.28 bits per heavy atom. The van der Waals surface area contributed by atoms with Crippen molar-refractivity contribution in [2.24, 2.45) is 5.92 Å². The number of carbonyl (C=O) groups is 3. The van der Waals surface area contributed by atoms with Gasteiger partial charge in [0, 0.05) is 6.42 Å². The van der Waals surface area contributed by atoms with E-state index in [-0.39, 0.29) is 19.1 Å². The molecule has 18 heavy (non-hydrogen) atoms. The Morgan fingerprint density at radius 2 is 1.83 bits per heavy atom. The zero-order valence-electron chi connectivity index (χ0n) is 10.7. The molecule has 0 aliphatic carbocycles. The molecule has 0 aromatic carbocycles. The molecular weight excluding hydrogens is 238 g/mol. The Hall–Kier alpha value is -1.59.